The summed E-state index contributed by atoms with van der Waals surface area (Å²) in [5.41, 5.74) is 1.46. The number of aromatic hydroxyl groups is 1. The molecule has 35 heavy (non-hydrogen) atoms. The van der Waals surface area contributed by atoms with Crippen molar-refractivity contribution in [3.05, 3.63) is 52.7 Å². The molecule has 1 fully saturated rings. The summed E-state index contributed by atoms with van der Waals surface area (Å²) in [6.45, 7) is 4.14. The van der Waals surface area contributed by atoms with Crippen molar-refractivity contribution in [2.24, 2.45) is 5.41 Å². The van der Waals surface area contributed by atoms with Crippen LogP contribution in [0.5, 0.6) is 11.6 Å². The third-order valence-corrected chi connectivity index (χ3v) is 7.17. The van der Waals surface area contributed by atoms with Crippen LogP contribution in [0.4, 0.5) is 13.2 Å². The van der Waals surface area contributed by atoms with E-state index in [0.717, 1.165) is 16.7 Å². The zero-order valence-electron chi connectivity index (χ0n) is 20.9. The quantitative estimate of drug-likeness (QED) is 0.509. The van der Waals surface area contributed by atoms with Crippen molar-refractivity contribution in [1.29, 1.82) is 0 Å². The Balaban J connectivity index is 1.74. The van der Waals surface area contributed by atoms with Crippen LogP contribution in [-0.4, -0.2) is 60.9 Å². The molecule has 2 N–H and O–H groups in total. The van der Waals surface area contributed by atoms with E-state index in [4.69, 9.17) is 4.74 Å². The summed E-state index contributed by atoms with van der Waals surface area (Å²) >= 11 is 0. The zero-order valence-corrected chi connectivity index (χ0v) is 20.9. The van der Waals surface area contributed by atoms with Crippen LogP contribution in [0, 0.1) is 19.3 Å². The van der Waals surface area contributed by atoms with Crippen LogP contribution in [-0.2, 0) is 11.2 Å². The highest BCUT2D eigenvalue weighted by molar-refractivity contribution is 5.77. The number of carbonyl (C=O) groups is 1. The number of phenols is 1. The number of hydrogen-bond acceptors (Lipinski definition) is 5. The number of likely N-dealkylation sites (N-methyl/N-ethyl adjacent to an activating group) is 1. The molecule has 0 spiro atoms. The Morgan fingerprint density at radius 3 is 2.31 bits per heavy atom. The first-order valence-electron chi connectivity index (χ1n) is 11.7. The first kappa shape index (κ1) is 26.8. The van der Waals surface area contributed by atoms with E-state index in [-0.39, 0.29) is 37.6 Å². The van der Waals surface area contributed by atoms with Crippen molar-refractivity contribution in [2.75, 3.05) is 27.7 Å². The minimum Gasteiger partial charge on any atom is -0.508 e. The number of nitrogens with one attached hydrogen (secondary N) is 1. The molecule has 0 bridgehead atoms. The number of phenolic OH excluding ortho intramolecular Hbond substituents is 1. The predicted octanol–water partition coefficient (Wildman–Crippen LogP) is 4.52. The molecule has 1 saturated carbocycles. The second-order valence-electron chi connectivity index (χ2n) is 9.73. The molecule has 9 heteroatoms. The predicted molar refractivity (Wildman–Crippen MR) is 128 cm³/mol. The Hall–Kier alpha value is -2.81. The van der Waals surface area contributed by atoms with Crippen molar-refractivity contribution in [1.82, 2.24) is 15.2 Å². The lowest BCUT2D eigenvalue weighted by molar-refractivity contribution is -0.194. The number of halogens is 3. The fourth-order valence-corrected chi connectivity index (χ4v) is 4.77. The summed E-state index contributed by atoms with van der Waals surface area (Å²) in [6, 6.07) is 6.42. The van der Waals surface area contributed by atoms with Gasteiger partial charge in [-0.25, -0.2) is 4.98 Å². The highest BCUT2D eigenvalue weighted by Gasteiger charge is 2.67. The highest BCUT2D eigenvalue weighted by Crippen LogP contribution is 2.66. The number of aromatic nitrogens is 1. The van der Waals surface area contributed by atoms with Gasteiger partial charge in [-0.2, -0.15) is 13.2 Å². The number of ether oxygens (including phenoxy) is 1. The second-order valence-corrected chi connectivity index (χ2v) is 9.73. The van der Waals surface area contributed by atoms with Crippen LogP contribution < -0.4 is 10.1 Å². The number of carbonyl (C=O) groups excluding carboxylic acids is 1. The number of aryl methyl sites for hydroxylation is 2. The smallest absolute Gasteiger partial charge is 0.395 e. The molecule has 0 radical (unpaired) electrons. The first-order valence-corrected chi connectivity index (χ1v) is 11.7. The van der Waals surface area contributed by atoms with Crippen molar-refractivity contribution in [3.8, 4) is 11.6 Å². The maximum atomic E-state index is 14.0. The third-order valence-electron chi connectivity index (χ3n) is 7.17. The summed E-state index contributed by atoms with van der Waals surface area (Å²) in [4.78, 5) is 19.0. The van der Waals surface area contributed by atoms with Gasteiger partial charge in [-0.1, -0.05) is 6.07 Å². The van der Waals surface area contributed by atoms with Gasteiger partial charge in [0.05, 0.1) is 12.5 Å². The van der Waals surface area contributed by atoms with Crippen LogP contribution in [0.2, 0.25) is 0 Å². The SMILES string of the molecule is COc1ccc(C(CC(=O)NC[C@H](Cc2c(C)cc(O)cc2C)N(C)C)C2(C(F)(F)F)CC2)cn1. The summed E-state index contributed by atoms with van der Waals surface area (Å²) < 4.78 is 47.0. The van der Waals surface area contributed by atoms with E-state index in [9.17, 15) is 23.1 Å². The van der Waals surface area contributed by atoms with Crippen molar-refractivity contribution < 1.29 is 27.8 Å². The lowest BCUT2D eigenvalue weighted by atomic mass is 9.80. The van der Waals surface area contributed by atoms with Crippen LogP contribution in [0.25, 0.3) is 0 Å². The fraction of sp³-hybridized carbons (Fsp3) is 0.538. The molecule has 1 aromatic heterocycles. The average Bonchev–Trinajstić information content (AvgIpc) is 3.58. The summed E-state index contributed by atoms with van der Waals surface area (Å²) in [5.74, 6) is -0.925. The summed E-state index contributed by atoms with van der Waals surface area (Å²) in [5, 5.41) is 12.7. The maximum Gasteiger partial charge on any atom is 0.395 e. The molecule has 3 rings (SSSR count). The monoisotopic (exact) mass is 493 g/mol. The lowest BCUT2D eigenvalue weighted by Gasteiger charge is -2.30. The van der Waals surface area contributed by atoms with Gasteiger partial charge < -0.3 is 20.1 Å². The average molecular weight is 494 g/mol. The van der Waals surface area contributed by atoms with Gasteiger partial charge >= 0.3 is 6.18 Å². The fourth-order valence-electron chi connectivity index (χ4n) is 4.77. The molecule has 1 amide bonds. The molecule has 1 aliphatic rings. The van der Waals surface area contributed by atoms with Gasteiger partial charge in [0.2, 0.25) is 11.8 Å². The minimum atomic E-state index is -4.40. The van der Waals surface area contributed by atoms with Crippen LogP contribution in [0.3, 0.4) is 0 Å². The number of hydrogen-bond donors (Lipinski definition) is 2. The molecule has 0 aliphatic heterocycles. The number of rotatable bonds is 10. The number of methoxy groups -OCH3 is 1. The molecule has 1 aromatic carbocycles. The lowest BCUT2D eigenvalue weighted by Crippen LogP contribution is -2.43. The summed E-state index contributed by atoms with van der Waals surface area (Å²) in [6.07, 6.45) is -2.67. The Labute approximate surface area is 204 Å². The number of alkyl halides is 3. The topological polar surface area (TPSA) is 74.7 Å². The Kier molecular flexibility index (Phi) is 7.99. The van der Waals surface area contributed by atoms with E-state index in [1.165, 1.54) is 19.4 Å². The molecule has 6 nitrogen and oxygen atoms in total. The Morgan fingerprint density at radius 1 is 1.23 bits per heavy atom. The first-order chi connectivity index (χ1) is 16.4. The molecular formula is C26H34F3N3O3. The molecule has 1 heterocycles. The van der Waals surface area contributed by atoms with E-state index in [2.05, 4.69) is 10.3 Å². The Bertz CT molecular complexity index is 1010. The van der Waals surface area contributed by atoms with Crippen LogP contribution in [0.1, 0.15) is 47.4 Å². The molecule has 2 atom stereocenters. The van der Waals surface area contributed by atoms with Gasteiger partial charge in [0, 0.05) is 37.2 Å². The number of pyridine rings is 1. The maximum absolute atomic E-state index is 14.0. The van der Waals surface area contributed by atoms with Crippen LogP contribution >= 0.6 is 0 Å². The molecule has 192 valence electrons. The number of amides is 1. The van der Waals surface area contributed by atoms with Gasteiger partial charge in [-0.3, -0.25) is 4.79 Å². The molecule has 1 unspecified atom stereocenters. The standard InChI is InChI=1S/C26H34F3N3O3/c1-16-10-20(33)11-17(2)21(16)12-19(32(3)4)15-30-23(34)13-22(25(8-9-25)26(27,28)29)18-6-7-24(35-5)31-14-18/h6-7,10-11,14,19,22,33H,8-9,12-13,15H2,1-5H3,(H,30,34)/t19-,22?/m0/s1. The van der Waals surface area contributed by atoms with E-state index in [1.54, 1.807) is 18.2 Å². The largest absolute Gasteiger partial charge is 0.508 e. The number of nitrogens with zero attached hydrogens (tertiary/aromatic N) is 2. The van der Waals surface area contributed by atoms with Gasteiger partial charge in [0.25, 0.3) is 0 Å². The van der Waals surface area contributed by atoms with E-state index >= 15 is 0 Å². The van der Waals surface area contributed by atoms with E-state index < -0.39 is 23.4 Å². The van der Waals surface area contributed by atoms with Gasteiger partial charge in [0.15, 0.2) is 0 Å². The highest BCUT2D eigenvalue weighted by atomic mass is 19.4. The Morgan fingerprint density at radius 2 is 1.86 bits per heavy atom. The van der Waals surface area contributed by atoms with Crippen LogP contribution in [0.15, 0.2) is 30.5 Å². The van der Waals surface area contributed by atoms with Gasteiger partial charge in [0.1, 0.15) is 5.75 Å². The van der Waals surface area contributed by atoms with E-state index in [0.29, 0.717) is 17.9 Å². The molecule has 1 aliphatic carbocycles. The minimum absolute atomic E-state index is 0.000203. The van der Waals surface area contributed by atoms with Crippen molar-refractivity contribution in [3.63, 3.8) is 0 Å². The number of benzene rings is 1. The van der Waals surface area contributed by atoms with Gasteiger partial charge in [-0.15, -0.1) is 0 Å². The van der Waals surface area contributed by atoms with Crippen molar-refractivity contribution in [2.45, 2.75) is 57.7 Å². The molecule has 2 aromatic rings. The van der Waals surface area contributed by atoms with Crippen molar-refractivity contribution >= 4 is 5.91 Å². The van der Waals surface area contributed by atoms with Gasteiger partial charge in [-0.05, 0) is 81.6 Å². The molecular weight excluding hydrogens is 459 g/mol. The normalized spacial score (nSPS) is 16.6. The summed E-state index contributed by atoms with van der Waals surface area (Å²) in [7, 11) is 5.24. The second kappa shape index (κ2) is 10.4. The van der Waals surface area contributed by atoms with E-state index in [1.807, 2.05) is 32.8 Å². The zero-order chi connectivity index (χ0) is 26.0. The third kappa shape index (κ3) is 6.07. The molecule has 0 saturated heterocycles.